The Morgan fingerprint density at radius 3 is 2.48 bits per heavy atom. The van der Waals surface area contributed by atoms with Crippen molar-refractivity contribution in [2.45, 2.75) is 19.1 Å². The van der Waals surface area contributed by atoms with E-state index in [-0.39, 0.29) is 34.8 Å². The molecule has 1 aromatic heterocycles. The molecule has 0 spiro atoms. The van der Waals surface area contributed by atoms with Gasteiger partial charge in [-0.3, -0.25) is 4.99 Å². The number of nitrogens with one attached hydrogen (secondary N) is 2. The van der Waals surface area contributed by atoms with Crippen molar-refractivity contribution < 1.29 is 23.0 Å². The van der Waals surface area contributed by atoms with Crippen LogP contribution in [0.4, 0.5) is 14.7 Å². The fourth-order valence-electron chi connectivity index (χ4n) is 2.87. The second kappa shape index (κ2) is 10.5. The molecule has 166 valence electrons. The Bertz CT molecular complexity index is 919. The quantitative estimate of drug-likeness (QED) is 0.513. The van der Waals surface area contributed by atoms with Crippen molar-refractivity contribution in [3.63, 3.8) is 0 Å². The topological polar surface area (TPSA) is 116 Å². The normalized spacial score (nSPS) is 16.5. The van der Waals surface area contributed by atoms with E-state index in [1.807, 2.05) is 0 Å². The summed E-state index contributed by atoms with van der Waals surface area (Å²) in [6, 6.07) is 1.34. The second-order valence-corrected chi connectivity index (χ2v) is 6.59. The second-order valence-electron chi connectivity index (χ2n) is 6.59. The van der Waals surface area contributed by atoms with Gasteiger partial charge >= 0.3 is 0 Å². The van der Waals surface area contributed by atoms with Crippen LogP contribution in [0.5, 0.6) is 17.2 Å². The Hall–Kier alpha value is -3.47. The lowest BCUT2D eigenvalue weighted by Gasteiger charge is -2.13. The number of allylic oxidation sites excluding steroid dienone is 1. The number of ether oxygens (including phenoxy) is 3. The molecule has 1 fully saturated rings. The summed E-state index contributed by atoms with van der Waals surface area (Å²) in [5.74, 6) is -1.55. The fourth-order valence-corrected chi connectivity index (χ4v) is 2.87. The Balaban J connectivity index is 1.63. The third-order valence-electron chi connectivity index (χ3n) is 4.57. The summed E-state index contributed by atoms with van der Waals surface area (Å²) in [5.41, 5.74) is 5.83. The van der Waals surface area contributed by atoms with E-state index in [0.29, 0.717) is 5.70 Å². The maximum Gasteiger partial charge on any atom is 0.227 e. The molecule has 1 aromatic carbocycles. The molecule has 0 radical (unpaired) electrons. The number of nitrogens with zero attached hydrogens (tertiary/aromatic N) is 3. The third-order valence-corrected chi connectivity index (χ3v) is 4.57. The molecule has 9 nitrogen and oxygen atoms in total. The average molecular weight is 434 g/mol. The van der Waals surface area contributed by atoms with Crippen LogP contribution in [0.25, 0.3) is 0 Å². The summed E-state index contributed by atoms with van der Waals surface area (Å²) in [6.07, 6.45) is 6.70. The van der Waals surface area contributed by atoms with Crippen LogP contribution in [0.2, 0.25) is 0 Å². The number of aromatic nitrogens is 2. The minimum Gasteiger partial charge on any atom is -0.494 e. The highest BCUT2D eigenvalue weighted by atomic mass is 19.1. The summed E-state index contributed by atoms with van der Waals surface area (Å²) in [6.45, 7) is 1.37. The first kappa shape index (κ1) is 22.2. The molecule has 1 aliphatic rings. The molecule has 1 saturated heterocycles. The Labute approximate surface area is 178 Å². The summed E-state index contributed by atoms with van der Waals surface area (Å²) < 4.78 is 44.1. The Morgan fingerprint density at radius 1 is 1.26 bits per heavy atom. The number of hydrogen-bond acceptors (Lipinski definition) is 9. The first-order valence-corrected chi connectivity index (χ1v) is 9.52. The van der Waals surface area contributed by atoms with Gasteiger partial charge in [-0.05, 0) is 13.0 Å². The lowest BCUT2D eigenvalue weighted by Crippen LogP contribution is -2.13. The van der Waals surface area contributed by atoms with Crippen LogP contribution in [0.1, 0.15) is 12.0 Å². The molecule has 11 heteroatoms. The van der Waals surface area contributed by atoms with Crippen LogP contribution >= 0.6 is 0 Å². The number of halogens is 2. The standard InChI is InChI=1S/C20H24F2N6O3/c1-29-16-5-17(30-2)19(22)15(18(16)21)11-31-14-9-26-20(27-10-14)28-13(6-23)8-25-12-3-4-24-7-12/h5-6,8-10,12,24H,3-4,7,11,23H2,1-2H3,(H,26,27,28)/b13-6+,25-8?. The van der Waals surface area contributed by atoms with E-state index in [1.165, 1.54) is 32.8 Å². The highest BCUT2D eigenvalue weighted by Gasteiger charge is 2.20. The molecule has 2 heterocycles. The first-order valence-electron chi connectivity index (χ1n) is 9.52. The van der Waals surface area contributed by atoms with Gasteiger partial charge in [-0.15, -0.1) is 0 Å². The zero-order valence-corrected chi connectivity index (χ0v) is 17.2. The molecule has 3 rings (SSSR count). The van der Waals surface area contributed by atoms with E-state index < -0.39 is 18.2 Å². The van der Waals surface area contributed by atoms with Crippen LogP contribution < -0.4 is 30.6 Å². The molecule has 1 atom stereocenters. The zero-order valence-electron chi connectivity index (χ0n) is 17.2. The van der Waals surface area contributed by atoms with E-state index in [9.17, 15) is 8.78 Å². The molecule has 31 heavy (non-hydrogen) atoms. The molecule has 4 N–H and O–H groups in total. The van der Waals surface area contributed by atoms with E-state index in [2.05, 4.69) is 25.6 Å². The molecular weight excluding hydrogens is 410 g/mol. The first-order chi connectivity index (χ1) is 15.0. The number of methoxy groups -OCH3 is 2. The van der Waals surface area contributed by atoms with Gasteiger partial charge in [-0.25, -0.2) is 18.7 Å². The van der Waals surface area contributed by atoms with Crippen molar-refractivity contribution in [2.24, 2.45) is 10.7 Å². The van der Waals surface area contributed by atoms with Gasteiger partial charge in [-0.1, -0.05) is 0 Å². The number of hydrogen-bond donors (Lipinski definition) is 3. The predicted octanol–water partition coefficient (Wildman–Crippen LogP) is 2.00. The van der Waals surface area contributed by atoms with E-state index in [0.717, 1.165) is 25.6 Å². The van der Waals surface area contributed by atoms with Crippen LogP contribution in [0.15, 0.2) is 35.3 Å². The summed E-state index contributed by atoms with van der Waals surface area (Å²) in [5, 5.41) is 6.17. The van der Waals surface area contributed by atoms with Gasteiger partial charge in [0.25, 0.3) is 0 Å². The molecule has 1 aliphatic heterocycles. The van der Waals surface area contributed by atoms with Gasteiger partial charge in [0.05, 0.1) is 43.9 Å². The number of nitrogens with two attached hydrogens (primary N) is 1. The van der Waals surface area contributed by atoms with Gasteiger partial charge in [0.15, 0.2) is 28.9 Å². The lowest BCUT2D eigenvalue weighted by molar-refractivity contribution is 0.280. The average Bonchev–Trinajstić information content (AvgIpc) is 3.31. The molecule has 0 amide bonds. The zero-order chi connectivity index (χ0) is 22.2. The van der Waals surface area contributed by atoms with Gasteiger partial charge in [0.2, 0.25) is 5.95 Å². The fraction of sp³-hybridized carbons (Fsp3) is 0.350. The smallest absolute Gasteiger partial charge is 0.227 e. The maximum atomic E-state index is 14.4. The van der Waals surface area contributed by atoms with Crippen LogP contribution in [-0.4, -0.2) is 49.5 Å². The highest BCUT2D eigenvalue weighted by Crippen LogP contribution is 2.31. The highest BCUT2D eigenvalue weighted by molar-refractivity contribution is 5.82. The minimum absolute atomic E-state index is 0.149. The summed E-state index contributed by atoms with van der Waals surface area (Å²) in [4.78, 5) is 12.7. The molecule has 0 bridgehead atoms. The van der Waals surface area contributed by atoms with Gasteiger partial charge < -0.3 is 30.6 Å². The van der Waals surface area contributed by atoms with Crippen LogP contribution in [0.3, 0.4) is 0 Å². The Morgan fingerprint density at radius 2 is 1.94 bits per heavy atom. The van der Waals surface area contributed by atoms with Crippen LogP contribution in [0, 0.1) is 11.6 Å². The van der Waals surface area contributed by atoms with Crippen molar-refractivity contribution in [2.75, 3.05) is 32.6 Å². The summed E-state index contributed by atoms with van der Waals surface area (Å²) in [7, 11) is 2.55. The van der Waals surface area contributed by atoms with E-state index >= 15 is 0 Å². The molecule has 2 aromatic rings. The Kier molecular flexibility index (Phi) is 7.55. The number of anilines is 1. The number of aliphatic imine (C=N–C) groups is 1. The molecule has 0 aliphatic carbocycles. The third kappa shape index (κ3) is 5.57. The summed E-state index contributed by atoms with van der Waals surface area (Å²) >= 11 is 0. The molecule has 1 unspecified atom stereocenters. The predicted molar refractivity (Wildman–Crippen MR) is 111 cm³/mol. The maximum absolute atomic E-state index is 14.4. The molecule has 0 saturated carbocycles. The van der Waals surface area contributed by atoms with Crippen molar-refractivity contribution in [1.29, 1.82) is 0 Å². The van der Waals surface area contributed by atoms with Crippen LogP contribution in [-0.2, 0) is 6.61 Å². The van der Waals surface area contributed by atoms with Crippen molar-refractivity contribution in [3.05, 3.63) is 47.6 Å². The SMILES string of the molecule is COc1cc(OC)c(F)c(COc2cnc(N/C(C=NC3CCNC3)=C/N)nc2)c1F. The molecular formula is C20H24F2N6O3. The van der Waals surface area contributed by atoms with Gasteiger partial charge in [0, 0.05) is 25.0 Å². The lowest BCUT2D eigenvalue weighted by atomic mass is 10.1. The van der Waals surface area contributed by atoms with Gasteiger partial charge in [0.1, 0.15) is 6.61 Å². The largest absolute Gasteiger partial charge is 0.494 e. The minimum atomic E-state index is -0.866. The van der Waals surface area contributed by atoms with E-state index in [4.69, 9.17) is 19.9 Å². The van der Waals surface area contributed by atoms with Crippen molar-refractivity contribution in [1.82, 2.24) is 15.3 Å². The number of rotatable bonds is 9. The van der Waals surface area contributed by atoms with Crippen molar-refractivity contribution in [3.8, 4) is 17.2 Å². The van der Waals surface area contributed by atoms with Crippen molar-refractivity contribution >= 4 is 12.2 Å². The van der Waals surface area contributed by atoms with E-state index in [1.54, 1.807) is 6.21 Å². The monoisotopic (exact) mass is 434 g/mol. The van der Waals surface area contributed by atoms with Gasteiger partial charge in [-0.2, -0.15) is 0 Å². The number of benzene rings is 1.